The van der Waals surface area contributed by atoms with Crippen molar-refractivity contribution in [2.45, 2.75) is 46.7 Å². The summed E-state index contributed by atoms with van der Waals surface area (Å²) in [6.45, 7) is 7.45. The zero-order valence-corrected chi connectivity index (χ0v) is 21.3. The highest BCUT2D eigenvalue weighted by Crippen LogP contribution is 2.25. The number of carbonyl (C=O) groups excluding carboxylic acids is 2. The van der Waals surface area contributed by atoms with Gasteiger partial charge in [0.1, 0.15) is 12.6 Å². The molecule has 0 fully saturated rings. The Bertz CT molecular complexity index is 1100. The standard InChI is InChI=1S/C24H32ClN3O4S/c1-6-13-26-24(30)19(4)27(15-20-10-8-11-21(25)14-20)23(29)16-28(33(5,31)32)22-12-7-9-17(2)18(22)3/h7-12,14,19H,6,13,15-16H2,1-5H3,(H,26,30)/t19-/m1/s1. The van der Waals surface area contributed by atoms with Crippen molar-refractivity contribution in [3.63, 3.8) is 0 Å². The summed E-state index contributed by atoms with van der Waals surface area (Å²) in [7, 11) is -3.76. The van der Waals surface area contributed by atoms with Crippen LogP contribution < -0.4 is 9.62 Å². The average Bonchev–Trinajstić information content (AvgIpc) is 2.75. The highest BCUT2D eigenvalue weighted by molar-refractivity contribution is 7.92. The summed E-state index contributed by atoms with van der Waals surface area (Å²) in [5.41, 5.74) is 2.86. The molecule has 2 amide bonds. The summed E-state index contributed by atoms with van der Waals surface area (Å²) in [6.07, 6.45) is 1.83. The lowest BCUT2D eigenvalue weighted by atomic mass is 10.1. The molecule has 2 aromatic carbocycles. The number of benzene rings is 2. The molecule has 33 heavy (non-hydrogen) atoms. The fourth-order valence-corrected chi connectivity index (χ4v) is 4.52. The highest BCUT2D eigenvalue weighted by atomic mass is 35.5. The van der Waals surface area contributed by atoms with Crippen molar-refractivity contribution in [2.75, 3.05) is 23.7 Å². The number of amides is 2. The fraction of sp³-hybridized carbons (Fsp3) is 0.417. The maximum atomic E-state index is 13.5. The number of carbonyl (C=O) groups is 2. The van der Waals surface area contributed by atoms with Crippen molar-refractivity contribution in [1.82, 2.24) is 10.2 Å². The van der Waals surface area contributed by atoms with E-state index >= 15 is 0 Å². The van der Waals surface area contributed by atoms with E-state index in [9.17, 15) is 18.0 Å². The monoisotopic (exact) mass is 493 g/mol. The van der Waals surface area contributed by atoms with Gasteiger partial charge in [-0.05, 0) is 62.1 Å². The summed E-state index contributed by atoms with van der Waals surface area (Å²) in [6, 6.07) is 11.5. The molecule has 1 N–H and O–H groups in total. The van der Waals surface area contributed by atoms with Gasteiger partial charge in [-0.1, -0.05) is 42.8 Å². The van der Waals surface area contributed by atoms with Crippen molar-refractivity contribution in [1.29, 1.82) is 0 Å². The maximum Gasteiger partial charge on any atom is 0.244 e. The molecule has 7 nitrogen and oxygen atoms in total. The molecule has 0 saturated heterocycles. The summed E-state index contributed by atoms with van der Waals surface area (Å²) in [5, 5.41) is 3.32. The van der Waals surface area contributed by atoms with E-state index in [2.05, 4.69) is 5.32 Å². The van der Waals surface area contributed by atoms with Crippen LogP contribution in [0.15, 0.2) is 42.5 Å². The largest absolute Gasteiger partial charge is 0.354 e. The molecule has 0 aliphatic heterocycles. The van der Waals surface area contributed by atoms with Crippen LogP contribution in [0, 0.1) is 13.8 Å². The SMILES string of the molecule is CCCNC(=O)[C@@H](C)N(Cc1cccc(Cl)c1)C(=O)CN(c1cccc(C)c1C)S(C)(=O)=O. The number of hydrogen-bond acceptors (Lipinski definition) is 4. The number of sulfonamides is 1. The molecule has 0 heterocycles. The lowest BCUT2D eigenvalue weighted by Crippen LogP contribution is -2.51. The second-order valence-corrected chi connectivity index (χ2v) is 10.5. The third-order valence-electron chi connectivity index (χ3n) is 5.48. The lowest BCUT2D eigenvalue weighted by molar-refractivity contribution is -0.139. The van der Waals surface area contributed by atoms with Gasteiger partial charge < -0.3 is 10.2 Å². The van der Waals surface area contributed by atoms with Crippen molar-refractivity contribution >= 4 is 39.1 Å². The van der Waals surface area contributed by atoms with Crippen molar-refractivity contribution < 1.29 is 18.0 Å². The minimum Gasteiger partial charge on any atom is -0.354 e. The third kappa shape index (κ3) is 7.20. The lowest BCUT2D eigenvalue weighted by Gasteiger charge is -2.32. The van der Waals surface area contributed by atoms with E-state index in [1.807, 2.05) is 32.9 Å². The Morgan fingerprint density at radius 1 is 1.12 bits per heavy atom. The molecule has 0 bridgehead atoms. The molecule has 2 aromatic rings. The molecular formula is C24H32ClN3O4S. The number of nitrogens with one attached hydrogen (secondary N) is 1. The summed E-state index contributed by atoms with van der Waals surface area (Å²) >= 11 is 6.10. The van der Waals surface area contributed by atoms with Crippen molar-refractivity contribution in [2.24, 2.45) is 0 Å². The number of halogens is 1. The topological polar surface area (TPSA) is 86.8 Å². The van der Waals surface area contributed by atoms with Crippen LogP contribution >= 0.6 is 11.6 Å². The van der Waals surface area contributed by atoms with E-state index in [0.717, 1.165) is 33.7 Å². The van der Waals surface area contributed by atoms with Crippen LogP contribution in [-0.2, 0) is 26.2 Å². The van der Waals surface area contributed by atoms with Crippen molar-refractivity contribution in [3.8, 4) is 0 Å². The first-order valence-corrected chi connectivity index (χ1v) is 13.0. The first kappa shape index (κ1) is 26.7. The zero-order valence-electron chi connectivity index (χ0n) is 19.8. The Morgan fingerprint density at radius 2 is 1.79 bits per heavy atom. The van der Waals surface area contributed by atoms with Gasteiger partial charge in [-0.15, -0.1) is 0 Å². The van der Waals surface area contributed by atoms with E-state index in [0.29, 0.717) is 17.3 Å². The molecule has 0 aliphatic carbocycles. The first-order chi connectivity index (χ1) is 15.5. The molecule has 0 spiro atoms. The van der Waals surface area contributed by atoms with Crippen LogP contribution in [0.25, 0.3) is 0 Å². The number of anilines is 1. The van der Waals surface area contributed by atoms with Gasteiger partial charge in [-0.3, -0.25) is 13.9 Å². The molecule has 0 unspecified atom stereocenters. The summed E-state index contributed by atoms with van der Waals surface area (Å²) in [5.74, 6) is -0.787. The smallest absolute Gasteiger partial charge is 0.244 e. The first-order valence-electron chi connectivity index (χ1n) is 10.8. The Kier molecular flexibility index (Phi) is 9.31. The van der Waals surface area contributed by atoms with E-state index < -0.39 is 28.5 Å². The Balaban J connectivity index is 2.42. The van der Waals surface area contributed by atoms with E-state index in [1.165, 1.54) is 4.90 Å². The quantitative estimate of drug-likeness (QED) is 0.547. The maximum absolute atomic E-state index is 13.5. The molecule has 1 atom stereocenters. The molecule has 2 rings (SSSR count). The third-order valence-corrected chi connectivity index (χ3v) is 6.84. The molecule has 0 aromatic heterocycles. The van der Waals surface area contributed by atoms with Gasteiger partial charge >= 0.3 is 0 Å². The van der Waals surface area contributed by atoms with Gasteiger partial charge in [0.25, 0.3) is 0 Å². The van der Waals surface area contributed by atoms with Crippen LogP contribution in [-0.4, -0.2) is 50.5 Å². The van der Waals surface area contributed by atoms with Crippen LogP contribution in [0.4, 0.5) is 5.69 Å². The molecular weight excluding hydrogens is 462 g/mol. The molecule has 0 aliphatic rings. The summed E-state index contributed by atoms with van der Waals surface area (Å²) in [4.78, 5) is 27.6. The van der Waals surface area contributed by atoms with E-state index in [4.69, 9.17) is 11.6 Å². The van der Waals surface area contributed by atoms with Crippen LogP contribution in [0.1, 0.15) is 37.0 Å². The second-order valence-electron chi connectivity index (χ2n) is 8.11. The van der Waals surface area contributed by atoms with Gasteiger partial charge in [-0.25, -0.2) is 8.42 Å². The van der Waals surface area contributed by atoms with Gasteiger partial charge in [0.05, 0.1) is 11.9 Å². The Labute approximate surface area is 201 Å². The second kappa shape index (κ2) is 11.5. The van der Waals surface area contributed by atoms with Crippen LogP contribution in [0.3, 0.4) is 0 Å². The van der Waals surface area contributed by atoms with Crippen molar-refractivity contribution in [3.05, 3.63) is 64.2 Å². The van der Waals surface area contributed by atoms with Gasteiger partial charge in [-0.2, -0.15) is 0 Å². The number of rotatable bonds is 10. The number of hydrogen-bond donors (Lipinski definition) is 1. The van der Waals surface area contributed by atoms with Gasteiger partial charge in [0.2, 0.25) is 21.8 Å². The zero-order chi connectivity index (χ0) is 24.8. The minimum absolute atomic E-state index is 0.116. The minimum atomic E-state index is -3.76. The summed E-state index contributed by atoms with van der Waals surface area (Å²) < 4.78 is 26.4. The highest BCUT2D eigenvalue weighted by Gasteiger charge is 2.30. The Morgan fingerprint density at radius 3 is 2.39 bits per heavy atom. The van der Waals surface area contributed by atoms with Gasteiger partial charge in [0.15, 0.2) is 0 Å². The predicted molar refractivity (Wildman–Crippen MR) is 133 cm³/mol. The molecule has 180 valence electrons. The van der Waals surface area contributed by atoms with Crippen LogP contribution in [0.2, 0.25) is 5.02 Å². The molecule has 9 heteroatoms. The van der Waals surface area contributed by atoms with Gasteiger partial charge in [0, 0.05) is 18.1 Å². The number of nitrogens with zero attached hydrogens (tertiary/aromatic N) is 2. The van der Waals surface area contributed by atoms with E-state index in [-0.39, 0.29) is 12.5 Å². The van der Waals surface area contributed by atoms with Crippen LogP contribution in [0.5, 0.6) is 0 Å². The number of aryl methyl sites for hydroxylation is 1. The van der Waals surface area contributed by atoms with E-state index in [1.54, 1.807) is 37.3 Å². The molecule has 0 saturated carbocycles. The fourth-order valence-electron chi connectivity index (χ4n) is 3.41. The average molecular weight is 494 g/mol. The predicted octanol–water partition coefficient (Wildman–Crippen LogP) is 3.67. The normalized spacial score (nSPS) is 12.2. The Hall–Kier alpha value is -2.58. The molecule has 0 radical (unpaired) electrons.